The van der Waals surface area contributed by atoms with Gasteiger partial charge in [0, 0.05) is 75.7 Å². The molecule has 2 atom stereocenters. The fourth-order valence-electron chi connectivity index (χ4n) is 9.93. The third-order valence-electron chi connectivity index (χ3n) is 13.2. The number of nitrogens with zero attached hydrogens (tertiary/aromatic N) is 6. The van der Waals surface area contributed by atoms with E-state index in [0.717, 1.165) is 87.2 Å². The van der Waals surface area contributed by atoms with E-state index in [1.807, 2.05) is 23.1 Å². The number of anilines is 3. The molecular formula is C43H45ClFN7O5. The Bertz CT molecular complexity index is 2170. The molecule has 12 nitrogen and oxygen atoms in total. The summed E-state index contributed by atoms with van der Waals surface area (Å²) in [6.45, 7) is 8.23. The summed E-state index contributed by atoms with van der Waals surface area (Å²) >= 11 is 6.37. The number of halogens is 2. The van der Waals surface area contributed by atoms with Gasteiger partial charge >= 0.3 is 0 Å². The molecule has 6 heterocycles. The molecule has 1 N–H and O–H groups in total. The van der Waals surface area contributed by atoms with Crippen LogP contribution < -0.4 is 24.8 Å². The number of carbonyl (C=O) groups excluding carboxylic acids is 4. The number of ether oxygens (including phenoxy) is 1. The van der Waals surface area contributed by atoms with Crippen LogP contribution in [0.4, 0.5) is 21.5 Å². The number of imide groups is 2. The van der Waals surface area contributed by atoms with Crippen LogP contribution in [-0.2, 0) is 9.59 Å². The first kappa shape index (κ1) is 37.4. The van der Waals surface area contributed by atoms with Gasteiger partial charge in [-0.2, -0.15) is 5.26 Å². The van der Waals surface area contributed by atoms with Crippen LogP contribution >= 0.6 is 11.6 Å². The zero-order valence-electron chi connectivity index (χ0n) is 31.9. The van der Waals surface area contributed by atoms with E-state index < -0.39 is 35.5 Å². The van der Waals surface area contributed by atoms with E-state index in [1.54, 1.807) is 0 Å². The summed E-state index contributed by atoms with van der Waals surface area (Å²) in [6, 6.07) is 18.5. The second-order valence-electron chi connectivity index (χ2n) is 16.6. The number of benzene rings is 3. The third-order valence-corrected chi connectivity index (χ3v) is 13.5. The molecule has 0 saturated carbocycles. The van der Waals surface area contributed by atoms with Gasteiger partial charge in [0.25, 0.3) is 11.8 Å². The lowest BCUT2D eigenvalue weighted by Crippen LogP contribution is -2.61. The van der Waals surface area contributed by atoms with Gasteiger partial charge in [0.1, 0.15) is 29.8 Å². The van der Waals surface area contributed by atoms with Crippen LogP contribution in [0.15, 0.2) is 54.6 Å². The van der Waals surface area contributed by atoms with Crippen LogP contribution in [0.5, 0.6) is 5.75 Å². The maximum atomic E-state index is 15.4. The Balaban J connectivity index is 0.735. The van der Waals surface area contributed by atoms with Gasteiger partial charge in [0.05, 0.1) is 27.4 Å². The van der Waals surface area contributed by atoms with Crippen LogP contribution in [0.1, 0.15) is 78.1 Å². The molecule has 1 unspecified atom stereocenters. The number of nitriles is 1. The van der Waals surface area contributed by atoms with Crippen LogP contribution in [-0.4, -0.2) is 103 Å². The monoisotopic (exact) mass is 793 g/mol. The maximum Gasteiger partial charge on any atom is 0.262 e. The Morgan fingerprint density at radius 3 is 2.23 bits per heavy atom. The zero-order valence-corrected chi connectivity index (χ0v) is 32.6. The summed E-state index contributed by atoms with van der Waals surface area (Å²) in [4.78, 5) is 60.4. The van der Waals surface area contributed by atoms with Gasteiger partial charge in [0.15, 0.2) is 0 Å². The number of fused-ring (bicyclic) bond motifs is 1. The standard InChI is InChI=1S/C43H45ClFN7O5/c1-26-21-43(25-51(26)29-3-2-27(22-46)35(44)18-29)12-16-49(17-13-43)28-4-6-31(7-5-28)57-32-10-14-48(15-11-32)30-23-50(24-30)38-20-34-33(19-36(38)45)41(55)52(42(34)56)37-8-9-39(53)47-40(37)54/h2-7,18-20,26,30,32,37H,8-17,21,23-25H2,1H3,(H,47,53,54)/t26-,37?/m0/s1. The van der Waals surface area contributed by atoms with E-state index in [0.29, 0.717) is 29.7 Å². The number of nitrogens with one attached hydrogen (secondary N) is 1. The van der Waals surface area contributed by atoms with Gasteiger partial charge in [-0.15, -0.1) is 0 Å². The van der Waals surface area contributed by atoms with E-state index in [-0.39, 0.29) is 47.2 Å². The quantitative estimate of drug-likeness (QED) is 0.312. The lowest BCUT2D eigenvalue weighted by molar-refractivity contribution is -0.136. The number of hydrogen-bond donors (Lipinski definition) is 1. The molecule has 1 spiro atoms. The lowest BCUT2D eigenvalue weighted by Gasteiger charge is -2.48. The minimum atomic E-state index is -1.09. The highest BCUT2D eigenvalue weighted by molar-refractivity contribution is 6.32. The normalized spacial score (nSPS) is 24.2. The summed E-state index contributed by atoms with van der Waals surface area (Å²) in [5.74, 6) is -2.20. The first-order valence-corrected chi connectivity index (χ1v) is 20.4. The predicted octanol–water partition coefficient (Wildman–Crippen LogP) is 5.37. The van der Waals surface area contributed by atoms with E-state index in [2.05, 4.69) is 57.3 Å². The van der Waals surface area contributed by atoms with Crippen molar-refractivity contribution in [2.45, 2.75) is 76.1 Å². The molecular weight excluding hydrogens is 749 g/mol. The minimum Gasteiger partial charge on any atom is -0.490 e. The minimum absolute atomic E-state index is 0.0241. The molecule has 3 aromatic rings. The van der Waals surface area contributed by atoms with E-state index >= 15 is 4.39 Å². The molecule has 14 heteroatoms. The number of piperidine rings is 3. The van der Waals surface area contributed by atoms with Crippen molar-refractivity contribution in [2.24, 2.45) is 5.41 Å². The molecule has 3 aromatic carbocycles. The summed E-state index contributed by atoms with van der Waals surface area (Å²) in [7, 11) is 0. The van der Waals surface area contributed by atoms with Crippen molar-refractivity contribution in [3.8, 4) is 11.8 Å². The number of rotatable bonds is 7. The molecule has 0 bridgehead atoms. The lowest BCUT2D eigenvalue weighted by atomic mass is 9.76. The van der Waals surface area contributed by atoms with Crippen molar-refractivity contribution in [3.05, 3.63) is 82.1 Å². The second-order valence-corrected chi connectivity index (χ2v) is 17.1. The molecule has 0 aliphatic carbocycles. The summed E-state index contributed by atoms with van der Waals surface area (Å²) in [5.41, 5.74) is 3.38. The van der Waals surface area contributed by atoms with Gasteiger partial charge < -0.3 is 19.4 Å². The van der Waals surface area contributed by atoms with E-state index in [4.69, 9.17) is 16.3 Å². The Morgan fingerprint density at radius 2 is 1.56 bits per heavy atom. The SMILES string of the molecule is C[C@H]1CC2(CCN(c3ccc(OC4CCN(C5CN(c6cc7c(cc6F)C(=O)N(C6CCC(=O)NC6=O)C7=O)C5)CC4)cc3)CC2)CN1c1ccc(C#N)c(Cl)c1. The van der Waals surface area contributed by atoms with Gasteiger partial charge in [-0.3, -0.25) is 34.3 Å². The summed E-state index contributed by atoms with van der Waals surface area (Å²) in [5, 5.41) is 12.0. The van der Waals surface area contributed by atoms with Crippen molar-refractivity contribution < 1.29 is 28.3 Å². The van der Waals surface area contributed by atoms with Crippen molar-refractivity contribution in [1.82, 2.24) is 15.1 Å². The molecule has 0 radical (unpaired) electrons. The van der Waals surface area contributed by atoms with Crippen LogP contribution in [0.2, 0.25) is 5.02 Å². The first-order valence-electron chi connectivity index (χ1n) is 20.0. The molecule has 296 valence electrons. The third kappa shape index (κ3) is 6.86. The van der Waals surface area contributed by atoms with Crippen molar-refractivity contribution in [1.29, 1.82) is 5.26 Å². The Labute approximate surface area is 336 Å². The van der Waals surface area contributed by atoms with E-state index in [1.165, 1.54) is 11.8 Å². The van der Waals surface area contributed by atoms with Crippen LogP contribution in [0, 0.1) is 22.6 Å². The highest BCUT2D eigenvalue weighted by atomic mass is 35.5. The average molecular weight is 794 g/mol. The zero-order chi connectivity index (χ0) is 39.6. The molecule has 57 heavy (non-hydrogen) atoms. The molecule has 6 aliphatic rings. The van der Waals surface area contributed by atoms with Gasteiger partial charge in [0.2, 0.25) is 11.8 Å². The van der Waals surface area contributed by atoms with Gasteiger partial charge in [-0.05, 0) is 105 Å². The van der Waals surface area contributed by atoms with Crippen LogP contribution in [0.25, 0.3) is 0 Å². The van der Waals surface area contributed by atoms with E-state index in [9.17, 15) is 24.4 Å². The molecule has 5 fully saturated rings. The number of amides is 4. The summed E-state index contributed by atoms with van der Waals surface area (Å²) < 4.78 is 21.8. The highest BCUT2D eigenvalue weighted by Gasteiger charge is 2.47. The van der Waals surface area contributed by atoms with Crippen molar-refractivity contribution >= 4 is 52.3 Å². The van der Waals surface area contributed by atoms with Crippen LogP contribution in [0.3, 0.4) is 0 Å². The van der Waals surface area contributed by atoms with Crippen molar-refractivity contribution in [2.75, 3.05) is 60.5 Å². The second kappa shape index (κ2) is 14.6. The maximum absolute atomic E-state index is 15.4. The van der Waals surface area contributed by atoms with Gasteiger partial charge in [-0.1, -0.05) is 11.6 Å². The number of hydrogen-bond acceptors (Lipinski definition) is 10. The first-order chi connectivity index (χ1) is 27.5. The molecule has 6 aliphatic heterocycles. The largest absolute Gasteiger partial charge is 0.490 e. The number of carbonyl (C=O) groups is 4. The average Bonchev–Trinajstić information content (AvgIpc) is 3.63. The molecule has 4 amide bonds. The smallest absolute Gasteiger partial charge is 0.262 e. The molecule has 5 saturated heterocycles. The Kier molecular flexibility index (Phi) is 9.60. The fourth-order valence-corrected chi connectivity index (χ4v) is 10.1. The highest BCUT2D eigenvalue weighted by Crippen LogP contribution is 2.46. The molecule has 0 aromatic heterocycles. The fraction of sp³-hybridized carbons (Fsp3) is 0.465. The molecule has 9 rings (SSSR count). The van der Waals surface area contributed by atoms with Gasteiger partial charge in [-0.25, -0.2) is 4.39 Å². The summed E-state index contributed by atoms with van der Waals surface area (Å²) in [6.07, 6.45) is 5.36. The number of likely N-dealkylation sites (tertiary alicyclic amines) is 1. The predicted molar refractivity (Wildman–Crippen MR) is 212 cm³/mol. The topological polar surface area (TPSA) is 130 Å². The Hall–Kier alpha value is -5.19. The van der Waals surface area contributed by atoms with Crippen molar-refractivity contribution in [3.63, 3.8) is 0 Å². The Morgan fingerprint density at radius 1 is 0.877 bits per heavy atom.